The van der Waals surface area contributed by atoms with Crippen LogP contribution in [0.3, 0.4) is 0 Å². The van der Waals surface area contributed by atoms with Crippen LogP contribution in [0.15, 0.2) is 20.7 Å². The highest BCUT2D eigenvalue weighted by Gasteiger charge is 2.33. The van der Waals surface area contributed by atoms with Gasteiger partial charge in [-0.1, -0.05) is 26.2 Å². The first-order chi connectivity index (χ1) is 8.74. The minimum atomic E-state index is 0.485. The molecule has 1 aliphatic carbocycles. The topological polar surface area (TPSA) is 28.0 Å². The van der Waals surface area contributed by atoms with Gasteiger partial charge in [0.1, 0.15) is 0 Å². The number of nitrogens with zero attached hydrogens (tertiary/aromatic N) is 3. The zero-order valence-electron chi connectivity index (χ0n) is 10.8. The van der Waals surface area contributed by atoms with Gasteiger partial charge in [-0.2, -0.15) is 0 Å². The predicted molar refractivity (Wildman–Crippen MR) is 79.2 cm³/mol. The molecule has 2 atom stereocenters. The van der Waals surface area contributed by atoms with Crippen LogP contribution in [0.25, 0.3) is 0 Å². The summed E-state index contributed by atoms with van der Waals surface area (Å²) in [6, 6.07) is 0.485. The summed E-state index contributed by atoms with van der Waals surface area (Å²) in [5, 5.41) is 0. The third kappa shape index (κ3) is 2.40. The maximum absolute atomic E-state index is 4.92. The lowest BCUT2D eigenvalue weighted by Crippen LogP contribution is -2.44. The van der Waals surface area contributed by atoms with Crippen molar-refractivity contribution < 1.29 is 0 Å². The Morgan fingerprint density at radius 1 is 1.28 bits per heavy atom. The molecule has 98 valence electrons. The van der Waals surface area contributed by atoms with E-state index in [1.807, 2.05) is 6.21 Å². The molecule has 1 saturated carbocycles. The largest absolute Gasteiger partial charge is 0.316 e. The molecule has 1 fully saturated rings. The SMILES string of the molecule is CC1CN2C=C(Br)C=NC2=NC1C1CCCCC1. The summed E-state index contributed by atoms with van der Waals surface area (Å²) in [6.45, 7) is 3.38. The van der Waals surface area contributed by atoms with Crippen LogP contribution >= 0.6 is 15.9 Å². The van der Waals surface area contributed by atoms with Crippen molar-refractivity contribution in [3.8, 4) is 0 Å². The third-order valence-corrected chi connectivity index (χ3v) is 4.71. The van der Waals surface area contributed by atoms with Gasteiger partial charge in [0.15, 0.2) is 0 Å². The summed E-state index contributed by atoms with van der Waals surface area (Å²) >= 11 is 3.48. The first-order valence-corrected chi connectivity index (χ1v) is 7.79. The molecule has 0 aromatic rings. The molecular weight excluding hydrogens is 290 g/mol. The molecular formula is C14H20BrN3. The minimum absolute atomic E-state index is 0.485. The summed E-state index contributed by atoms with van der Waals surface area (Å²) in [5.41, 5.74) is 0. The second-order valence-electron chi connectivity index (χ2n) is 5.72. The summed E-state index contributed by atoms with van der Waals surface area (Å²) in [5.74, 6) is 2.32. The van der Waals surface area contributed by atoms with Crippen LogP contribution in [0, 0.1) is 11.8 Å². The number of halogens is 1. The molecule has 0 spiro atoms. The zero-order chi connectivity index (χ0) is 12.5. The van der Waals surface area contributed by atoms with Crippen molar-refractivity contribution in [2.45, 2.75) is 45.1 Å². The summed E-state index contributed by atoms with van der Waals surface area (Å²) in [4.78, 5) is 11.5. The van der Waals surface area contributed by atoms with E-state index in [0.29, 0.717) is 12.0 Å². The van der Waals surface area contributed by atoms with Crippen LogP contribution in [0.5, 0.6) is 0 Å². The molecule has 0 aromatic carbocycles. The van der Waals surface area contributed by atoms with Gasteiger partial charge in [-0.3, -0.25) is 0 Å². The standard InChI is InChI=1S/C14H20BrN3/c1-10-8-18-9-12(15)7-16-14(18)17-13(10)11-5-3-2-4-6-11/h7,9-11,13H,2-6,8H2,1H3. The van der Waals surface area contributed by atoms with Crippen molar-refractivity contribution >= 4 is 28.1 Å². The van der Waals surface area contributed by atoms with E-state index in [2.05, 4.69) is 38.9 Å². The number of allylic oxidation sites excluding steroid dienone is 1. The maximum atomic E-state index is 4.92. The smallest absolute Gasteiger partial charge is 0.225 e. The third-order valence-electron chi connectivity index (χ3n) is 4.30. The molecule has 0 aromatic heterocycles. The molecule has 3 aliphatic rings. The van der Waals surface area contributed by atoms with E-state index in [4.69, 9.17) is 4.99 Å². The van der Waals surface area contributed by atoms with Crippen molar-refractivity contribution in [2.24, 2.45) is 21.8 Å². The van der Waals surface area contributed by atoms with Crippen LogP contribution in [-0.4, -0.2) is 29.7 Å². The number of hydrogen-bond acceptors (Lipinski definition) is 3. The van der Waals surface area contributed by atoms with E-state index in [1.54, 1.807) is 0 Å². The van der Waals surface area contributed by atoms with Gasteiger partial charge in [0.25, 0.3) is 0 Å². The van der Waals surface area contributed by atoms with E-state index >= 15 is 0 Å². The van der Waals surface area contributed by atoms with Gasteiger partial charge in [0.05, 0.1) is 10.5 Å². The average Bonchev–Trinajstić information content (AvgIpc) is 2.39. The van der Waals surface area contributed by atoms with Gasteiger partial charge < -0.3 is 4.90 Å². The Morgan fingerprint density at radius 2 is 2.06 bits per heavy atom. The summed E-state index contributed by atoms with van der Waals surface area (Å²) in [6.07, 6.45) is 10.8. The van der Waals surface area contributed by atoms with Crippen LogP contribution < -0.4 is 0 Å². The highest BCUT2D eigenvalue weighted by Crippen LogP contribution is 2.34. The van der Waals surface area contributed by atoms with Crippen LogP contribution in [-0.2, 0) is 0 Å². The van der Waals surface area contributed by atoms with Gasteiger partial charge in [-0.05, 0) is 40.6 Å². The fraction of sp³-hybridized carbons (Fsp3) is 0.714. The lowest BCUT2D eigenvalue weighted by molar-refractivity contribution is 0.221. The van der Waals surface area contributed by atoms with Crippen molar-refractivity contribution in [2.75, 3.05) is 6.54 Å². The van der Waals surface area contributed by atoms with Crippen LogP contribution in [0.1, 0.15) is 39.0 Å². The molecule has 2 heterocycles. The van der Waals surface area contributed by atoms with E-state index in [-0.39, 0.29) is 0 Å². The first-order valence-electron chi connectivity index (χ1n) is 7.00. The molecule has 3 rings (SSSR count). The van der Waals surface area contributed by atoms with Gasteiger partial charge in [-0.15, -0.1) is 0 Å². The predicted octanol–water partition coefficient (Wildman–Crippen LogP) is 3.56. The van der Waals surface area contributed by atoms with E-state index in [0.717, 1.165) is 22.9 Å². The van der Waals surface area contributed by atoms with Crippen LogP contribution in [0.4, 0.5) is 0 Å². The Bertz CT molecular complexity index is 407. The fourth-order valence-corrected chi connectivity index (χ4v) is 3.75. The molecule has 4 heteroatoms. The molecule has 3 nitrogen and oxygen atoms in total. The Labute approximate surface area is 117 Å². The minimum Gasteiger partial charge on any atom is -0.316 e. The van der Waals surface area contributed by atoms with Crippen molar-refractivity contribution in [3.05, 3.63) is 10.7 Å². The number of guanidine groups is 1. The number of fused-ring (bicyclic) bond motifs is 1. The quantitative estimate of drug-likeness (QED) is 0.728. The second-order valence-corrected chi connectivity index (χ2v) is 6.64. The number of rotatable bonds is 1. The monoisotopic (exact) mass is 309 g/mol. The normalized spacial score (nSPS) is 32.9. The summed E-state index contributed by atoms with van der Waals surface area (Å²) in [7, 11) is 0. The molecule has 18 heavy (non-hydrogen) atoms. The molecule has 0 radical (unpaired) electrons. The maximum Gasteiger partial charge on any atom is 0.225 e. The van der Waals surface area contributed by atoms with E-state index < -0.39 is 0 Å². The van der Waals surface area contributed by atoms with Gasteiger partial charge >= 0.3 is 0 Å². The lowest BCUT2D eigenvalue weighted by Gasteiger charge is -2.39. The highest BCUT2D eigenvalue weighted by molar-refractivity contribution is 9.12. The van der Waals surface area contributed by atoms with Gasteiger partial charge in [0.2, 0.25) is 5.96 Å². The molecule has 2 aliphatic heterocycles. The van der Waals surface area contributed by atoms with E-state index in [1.165, 1.54) is 32.1 Å². The van der Waals surface area contributed by atoms with E-state index in [9.17, 15) is 0 Å². The fourth-order valence-electron chi connectivity index (χ4n) is 3.40. The highest BCUT2D eigenvalue weighted by atomic mass is 79.9. The molecule has 0 amide bonds. The first kappa shape index (κ1) is 12.4. The lowest BCUT2D eigenvalue weighted by atomic mass is 9.79. The van der Waals surface area contributed by atoms with Gasteiger partial charge in [-0.25, -0.2) is 9.98 Å². The molecule has 0 bridgehead atoms. The second kappa shape index (κ2) is 5.16. The van der Waals surface area contributed by atoms with Crippen molar-refractivity contribution in [1.82, 2.24) is 4.90 Å². The average molecular weight is 310 g/mol. The summed E-state index contributed by atoms with van der Waals surface area (Å²) < 4.78 is 1.03. The Kier molecular flexibility index (Phi) is 3.55. The Balaban J connectivity index is 1.80. The van der Waals surface area contributed by atoms with Crippen molar-refractivity contribution in [1.29, 1.82) is 0 Å². The zero-order valence-corrected chi connectivity index (χ0v) is 12.4. The van der Waals surface area contributed by atoms with Gasteiger partial charge in [0, 0.05) is 19.0 Å². The molecule has 2 unspecified atom stereocenters. The Morgan fingerprint density at radius 3 is 2.83 bits per heavy atom. The Hall–Kier alpha value is -0.640. The van der Waals surface area contributed by atoms with Crippen LogP contribution in [0.2, 0.25) is 0 Å². The number of aliphatic imine (C=N–C) groups is 2. The molecule has 0 saturated heterocycles. The molecule has 0 N–H and O–H groups in total. The number of hydrogen-bond donors (Lipinski definition) is 0. The van der Waals surface area contributed by atoms with Crippen molar-refractivity contribution in [3.63, 3.8) is 0 Å².